The van der Waals surface area contributed by atoms with E-state index in [0.29, 0.717) is 24.9 Å². The first-order valence-electron chi connectivity index (χ1n) is 33.6. The Hall–Kier alpha value is -7.34. The zero-order valence-corrected chi connectivity index (χ0v) is 61.1. The summed E-state index contributed by atoms with van der Waals surface area (Å²) in [7, 11) is 9.91. The third kappa shape index (κ3) is 23.5. The van der Waals surface area contributed by atoms with Crippen molar-refractivity contribution in [1.29, 1.82) is 0 Å². The zero-order chi connectivity index (χ0) is 72.2. The van der Waals surface area contributed by atoms with Crippen molar-refractivity contribution < 1.29 is 62.3 Å². The number of hydrogen-bond donors (Lipinski definition) is 5. The Morgan fingerprint density at radius 1 is 0.521 bits per heavy atom. The molecule has 12 atom stereocenters. The maximum Gasteiger partial charge on any atom is 0.303 e. The Morgan fingerprint density at radius 3 is 1.46 bits per heavy atom. The van der Waals surface area contributed by atoms with Crippen molar-refractivity contribution in [2.24, 2.45) is 41.4 Å². The van der Waals surface area contributed by atoms with Gasteiger partial charge in [0, 0.05) is 61.9 Å². The number of likely N-dealkylation sites (N-methyl/N-ethyl adjacent to an activating group) is 7. The number of hydrogen-bond acceptors (Lipinski definition) is 14. The highest BCUT2D eigenvalue weighted by Crippen LogP contribution is 2.28. The lowest BCUT2D eigenvalue weighted by Crippen LogP contribution is -2.64. The van der Waals surface area contributed by atoms with E-state index in [2.05, 4.69) is 21.3 Å². The van der Waals surface area contributed by atoms with Gasteiger partial charge in [0.15, 0.2) is 0 Å². The minimum atomic E-state index is -1.63. The normalized spacial score (nSPS) is 25.3. The number of nitrogens with zero attached hydrogens (tertiary/aromatic N) is 7. The van der Waals surface area contributed by atoms with Crippen LogP contribution in [0.3, 0.4) is 0 Å². The number of nitrogens with one attached hydrogen (secondary N) is 4. The smallest absolute Gasteiger partial charge is 0.303 e. The van der Waals surface area contributed by atoms with Crippen molar-refractivity contribution in [3.63, 3.8) is 0 Å². The Kier molecular flexibility index (Phi) is 33.2. The summed E-state index contributed by atoms with van der Waals surface area (Å²) < 4.78 is 6.07. The maximum atomic E-state index is 15.6. The molecule has 1 aliphatic heterocycles. The molecule has 1 aromatic rings. The quantitative estimate of drug-likeness (QED) is 0.100. The largest absolute Gasteiger partial charge is 0.460 e. The van der Waals surface area contributed by atoms with Crippen molar-refractivity contribution in [3.05, 3.63) is 29.8 Å². The van der Waals surface area contributed by atoms with Crippen LogP contribution in [0.1, 0.15) is 168 Å². The molecule has 532 valence electrons. The molecule has 0 aliphatic carbocycles. The molecule has 0 aromatic heterocycles. The van der Waals surface area contributed by atoms with E-state index in [4.69, 9.17) is 10.5 Å². The molecule has 0 unspecified atom stereocenters. The second-order valence-electron chi connectivity index (χ2n) is 28.5. The fourth-order valence-electron chi connectivity index (χ4n) is 12.1. The van der Waals surface area contributed by atoms with Gasteiger partial charge in [-0.05, 0) is 124 Å². The van der Waals surface area contributed by atoms with Gasteiger partial charge in [-0.2, -0.15) is 0 Å². The Labute approximate surface area is 560 Å². The summed E-state index contributed by atoms with van der Waals surface area (Å²) >= 11 is 0. The lowest BCUT2D eigenvalue weighted by Gasteiger charge is -2.42. The molecule has 1 aromatic carbocycles. The predicted octanol–water partition coefficient (Wildman–Crippen LogP) is 4.48. The fraction of sp³-hybridized carbons (Fsp3) is 0.739. The third-order valence-electron chi connectivity index (χ3n) is 17.7. The van der Waals surface area contributed by atoms with E-state index in [0.717, 1.165) is 15.4 Å². The van der Waals surface area contributed by atoms with Crippen LogP contribution in [0.25, 0.3) is 0 Å². The van der Waals surface area contributed by atoms with Gasteiger partial charge in [0.2, 0.25) is 65.0 Å². The fourth-order valence-corrected chi connectivity index (χ4v) is 12.1. The number of nitrogens with two attached hydrogens (primary N) is 1. The van der Waals surface area contributed by atoms with Crippen molar-refractivity contribution in [2.45, 2.75) is 236 Å². The number of anilines is 1. The average Bonchev–Trinajstić information content (AvgIpc) is 0.847. The number of esters is 1. The second-order valence-corrected chi connectivity index (χ2v) is 28.5. The summed E-state index contributed by atoms with van der Waals surface area (Å²) in [6.45, 7) is 28.7. The second kappa shape index (κ2) is 37.7. The molecular formula is C69H118N12O13. The highest BCUT2D eigenvalue weighted by atomic mass is 16.5. The predicted molar refractivity (Wildman–Crippen MR) is 362 cm³/mol. The number of aryl methyl sites for hydroxylation is 1. The molecule has 1 heterocycles. The lowest BCUT2D eigenvalue weighted by atomic mass is 9.89. The molecule has 25 heteroatoms. The van der Waals surface area contributed by atoms with E-state index in [9.17, 15) is 38.4 Å². The van der Waals surface area contributed by atoms with Crippen LogP contribution >= 0.6 is 0 Å². The van der Waals surface area contributed by atoms with Crippen LogP contribution in [0.2, 0.25) is 0 Å². The van der Waals surface area contributed by atoms with Crippen LogP contribution in [-0.2, 0) is 68.7 Å². The highest BCUT2D eigenvalue weighted by Gasteiger charge is 2.47. The number of rotatable bonds is 18. The first-order valence-corrected chi connectivity index (χ1v) is 33.6. The average molecular weight is 1320 g/mol. The first kappa shape index (κ1) is 82.8. The van der Waals surface area contributed by atoms with Crippen molar-refractivity contribution in [2.75, 3.05) is 61.6 Å². The van der Waals surface area contributed by atoms with Gasteiger partial charge in [-0.15, -0.1) is 0 Å². The van der Waals surface area contributed by atoms with E-state index in [1.54, 1.807) is 47.6 Å². The first-order chi connectivity index (χ1) is 43.5. The van der Waals surface area contributed by atoms with Gasteiger partial charge < -0.3 is 66.0 Å². The summed E-state index contributed by atoms with van der Waals surface area (Å²) in [5.41, 5.74) is 7.62. The maximum absolute atomic E-state index is 15.6. The molecule has 1 saturated heterocycles. The Morgan fingerprint density at radius 2 is 0.979 bits per heavy atom. The minimum Gasteiger partial charge on any atom is -0.460 e. The molecule has 1 fully saturated rings. The van der Waals surface area contributed by atoms with Crippen molar-refractivity contribution >= 4 is 76.6 Å². The van der Waals surface area contributed by atoms with E-state index >= 15 is 19.2 Å². The van der Waals surface area contributed by atoms with Crippen LogP contribution in [0.4, 0.5) is 5.69 Å². The molecule has 11 amide bonds. The van der Waals surface area contributed by atoms with Gasteiger partial charge in [-0.25, -0.2) is 0 Å². The standard InChI is InChI=1S/C69H118N12O13/c1-25-50-65(89)75(18)37-55(83)76(19)51(32-38(2)3)62(86)74-56(42(10)11)68(92)77(20)52(33-39(4)5)61(85)71-45(15)60(84)72-46(16)64(88)78(21)53(34-40(6)7)66(90)79(22)54(35-41(8)9)67(91)80(23)57(43(12)13)69(93)81(24)58(63(87)73-50)59(94-47(17)82)44(14)28-26-29-48-30-27-31-49(70)36-48/h27,30-31,36,38-46,50-54,56-59H,25-26,28-29,32-35,37,70H2,1-24H3,(H,71,85)(H,72,84)(H,73,87)(H,74,86)/t44-,45-,46+,50+,51+,52-,53+,54+,56-,57+,58+,59-/m1/s1. The van der Waals surface area contributed by atoms with Gasteiger partial charge >= 0.3 is 5.97 Å². The number of nitrogen functional groups attached to an aromatic ring is 1. The van der Waals surface area contributed by atoms with Crippen molar-refractivity contribution in [1.82, 2.24) is 55.6 Å². The molecular weight excluding hydrogens is 1200 g/mol. The van der Waals surface area contributed by atoms with Crippen LogP contribution in [0.15, 0.2) is 24.3 Å². The van der Waals surface area contributed by atoms with Crippen molar-refractivity contribution in [3.8, 4) is 0 Å². The summed E-state index contributed by atoms with van der Waals surface area (Å²) in [4.78, 5) is 184. The summed E-state index contributed by atoms with van der Waals surface area (Å²) in [6.07, 6.45) is 0.673. The van der Waals surface area contributed by atoms with Crippen LogP contribution < -0.4 is 27.0 Å². The van der Waals surface area contributed by atoms with Gasteiger partial charge in [0.1, 0.15) is 66.5 Å². The molecule has 0 spiro atoms. The van der Waals surface area contributed by atoms with Gasteiger partial charge in [-0.1, -0.05) is 109 Å². The topological polar surface area (TPSA) is 311 Å². The van der Waals surface area contributed by atoms with E-state index in [1.165, 1.54) is 94.6 Å². The molecule has 94 heavy (non-hydrogen) atoms. The SMILES string of the molecule is CC[C@@H]1NC(=O)[C@H]([C@H](OC(C)=O)[C@H](C)CCCc2cccc(N)c2)N(C)C(=O)[C@H](C(C)C)N(C)C(=O)[C@H](CC(C)C)N(C)C(=O)[C@H](CC(C)C)N(C)C(=O)[C@H](C)NC(=O)[C@@H](C)NC(=O)[C@@H](CC(C)C)N(C)C(=O)[C@@H](C(C)C)NC(=O)[C@H](CC(C)C)N(C)C(=O)CN(C)C1=O. The summed E-state index contributed by atoms with van der Waals surface area (Å²) in [5, 5.41) is 11.1. The number of carbonyl (C=O) groups excluding carboxylic acids is 12. The zero-order valence-electron chi connectivity index (χ0n) is 61.1. The highest BCUT2D eigenvalue weighted by molar-refractivity contribution is 5.99. The van der Waals surface area contributed by atoms with Crippen LogP contribution in [-0.4, -0.2) is 228 Å². The van der Waals surface area contributed by atoms with E-state index in [-0.39, 0.29) is 55.8 Å². The summed E-state index contributed by atoms with van der Waals surface area (Å²) in [5.74, 6) is -10.8. The molecule has 25 nitrogen and oxygen atoms in total. The number of ether oxygens (including phenoxy) is 1. The molecule has 0 saturated carbocycles. The van der Waals surface area contributed by atoms with E-state index in [1.807, 2.05) is 73.6 Å². The molecule has 6 N–H and O–H groups in total. The third-order valence-corrected chi connectivity index (χ3v) is 17.7. The number of benzene rings is 1. The van der Waals surface area contributed by atoms with Crippen LogP contribution in [0, 0.1) is 41.4 Å². The van der Waals surface area contributed by atoms with Gasteiger partial charge in [0.05, 0.1) is 6.54 Å². The molecule has 0 radical (unpaired) electrons. The molecule has 1 aliphatic rings. The Bertz CT molecular complexity index is 2770. The minimum absolute atomic E-state index is 0.0151. The number of carbonyl (C=O) groups is 12. The number of amides is 11. The molecule has 0 bridgehead atoms. The van der Waals surface area contributed by atoms with Crippen LogP contribution in [0.5, 0.6) is 0 Å². The lowest BCUT2D eigenvalue weighted by molar-refractivity contribution is -0.164. The van der Waals surface area contributed by atoms with Gasteiger partial charge in [0.25, 0.3) is 0 Å². The summed E-state index contributed by atoms with van der Waals surface area (Å²) in [6, 6.07) is -5.25. The van der Waals surface area contributed by atoms with E-state index < -0.39 is 162 Å². The monoisotopic (exact) mass is 1320 g/mol. The van der Waals surface area contributed by atoms with Gasteiger partial charge in [-0.3, -0.25) is 57.5 Å². The molecule has 2 rings (SSSR count). The Balaban J connectivity index is 3.06.